The summed E-state index contributed by atoms with van der Waals surface area (Å²) in [7, 11) is 0. The van der Waals surface area contributed by atoms with Gasteiger partial charge in [-0.05, 0) is 46.6 Å². The molecule has 1 amide bonds. The highest BCUT2D eigenvalue weighted by Gasteiger charge is 2.15. The highest BCUT2D eigenvalue weighted by molar-refractivity contribution is 9.10. The van der Waals surface area contributed by atoms with Crippen molar-refractivity contribution in [1.29, 1.82) is 0 Å². The van der Waals surface area contributed by atoms with Crippen molar-refractivity contribution in [3.05, 3.63) is 67.1 Å². The van der Waals surface area contributed by atoms with E-state index >= 15 is 0 Å². The van der Waals surface area contributed by atoms with Crippen LogP contribution in [-0.4, -0.2) is 10.8 Å². The number of carbonyl (C=O) groups excluding carboxylic acids is 1. The number of nitro benzene ring substituents is 1. The molecule has 5 nitrogen and oxygen atoms in total. The number of rotatable bonds is 3. The molecule has 1 N–H and O–H groups in total. The summed E-state index contributed by atoms with van der Waals surface area (Å²) >= 11 is 9.28. The molecule has 2 aromatic carbocycles. The van der Waals surface area contributed by atoms with Gasteiger partial charge in [0.25, 0.3) is 11.6 Å². The summed E-state index contributed by atoms with van der Waals surface area (Å²) in [6, 6.07) is 9.21. The minimum atomic E-state index is -0.565. The SMILES string of the molecule is Cc1ccc(NC(=O)c2ccc([N+](=O)[O-])cc2Cl)c(Br)c1. The molecule has 21 heavy (non-hydrogen) atoms. The van der Waals surface area contributed by atoms with Crippen LogP contribution in [0.3, 0.4) is 0 Å². The number of hydrogen-bond acceptors (Lipinski definition) is 3. The maximum atomic E-state index is 12.2. The zero-order valence-corrected chi connectivity index (χ0v) is 13.2. The fourth-order valence-corrected chi connectivity index (χ4v) is 2.57. The molecule has 2 aromatic rings. The zero-order chi connectivity index (χ0) is 15.6. The van der Waals surface area contributed by atoms with Crippen LogP contribution in [0.15, 0.2) is 40.9 Å². The van der Waals surface area contributed by atoms with Crippen LogP contribution in [0, 0.1) is 17.0 Å². The molecule has 0 saturated carbocycles. The number of nitrogens with one attached hydrogen (secondary N) is 1. The minimum Gasteiger partial charge on any atom is -0.321 e. The molecule has 0 fully saturated rings. The van der Waals surface area contributed by atoms with E-state index < -0.39 is 10.8 Å². The van der Waals surface area contributed by atoms with E-state index in [-0.39, 0.29) is 16.3 Å². The van der Waals surface area contributed by atoms with Crippen LogP contribution in [0.1, 0.15) is 15.9 Å². The van der Waals surface area contributed by atoms with E-state index in [4.69, 9.17) is 11.6 Å². The Morgan fingerprint density at radius 1 is 1.29 bits per heavy atom. The van der Waals surface area contributed by atoms with Crippen LogP contribution in [0.5, 0.6) is 0 Å². The van der Waals surface area contributed by atoms with E-state index in [1.54, 1.807) is 6.07 Å². The molecule has 0 atom stereocenters. The van der Waals surface area contributed by atoms with Crippen molar-refractivity contribution in [3.63, 3.8) is 0 Å². The van der Waals surface area contributed by atoms with E-state index in [9.17, 15) is 14.9 Å². The van der Waals surface area contributed by atoms with Crippen molar-refractivity contribution >= 4 is 44.8 Å². The summed E-state index contributed by atoms with van der Waals surface area (Å²) in [6.45, 7) is 1.93. The molecule has 0 aromatic heterocycles. The van der Waals surface area contributed by atoms with Crippen LogP contribution in [0.2, 0.25) is 5.02 Å². The van der Waals surface area contributed by atoms with Crippen molar-refractivity contribution in [3.8, 4) is 0 Å². The van der Waals surface area contributed by atoms with Crippen LogP contribution < -0.4 is 5.32 Å². The topological polar surface area (TPSA) is 72.2 Å². The van der Waals surface area contributed by atoms with Crippen LogP contribution in [0.25, 0.3) is 0 Å². The van der Waals surface area contributed by atoms with Gasteiger partial charge in [-0.25, -0.2) is 0 Å². The number of halogens is 2. The molecule has 2 rings (SSSR count). The summed E-state index contributed by atoms with van der Waals surface area (Å²) < 4.78 is 0.744. The van der Waals surface area contributed by atoms with E-state index in [1.165, 1.54) is 12.1 Å². The average molecular weight is 370 g/mol. The number of amides is 1. The normalized spacial score (nSPS) is 10.2. The third kappa shape index (κ3) is 3.59. The Bertz CT molecular complexity index is 734. The standard InChI is InChI=1S/C14H10BrClN2O3/c1-8-2-5-13(11(15)6-8)17-14(19)10-4-3-9(18(20)21)7-12(10)16/h2-7H,1H3,(H,17,19). The summed E-state index contributed by atoms with van der Waals surface area (Å²) in [6.07, 6.45) is 0. The van der Waals surface area contributed by atoms with Gasteiger partial charge in [0.1, 0.15) is 0 Å². The fourth-order valence-electron chi connectivity index (χ4n) is 1.71. The number of benzene rings is 2. The quantitative estimate of drug-likeness (QED) is 0.636. The highest BCUT2D eigenvalue weighted by atomic mass is 79.9. The average Bonchev–Trinajstić information content (AvgIpc) is 2.41. The second-order valence-electron chi connectivity index (χ2n) is 4.36. The van der Waals surface area contributed by atoms with Crippen molar-refractivity contribution in [1.82, 2.24) is 0 Å². The smallest absolute Gasteiger partial charge is 0.270 e. The van der Waals surface area contributed by atoms with Gasteiger partial charge in [0, 0.05) is 16.6 Å². The summed E-state index contributed by atoms with van der Waals surface area (Å²) in [5.41, 5.74) is 1.66. The molecule has 0 radical (unpaired) electrons. The lowest BCUT2D eigenvalue weighted by molar-refractivity contribution is -0.384. The molecule has 108 valence electrons. The molecule has 7 heteroatoms. The van der Waals surface area contributed by atoms with Gasteiger partial charge in [-0.2, -0.15) is 0 Å². The van der Waals surface area contributed by atoms with E-state index in [0.717, 1.165) is 16.1 Å². The molecule has 0 aliphatic carbocycles. The Balaban J connectivity index is 2.26. The molecule has 0 spiro atoms. The first kappa shape index (κ1) is 15.5. The van der Waals surface area contributed by atoms with E-state index in [2.05, 4.69) is 21.2 Å². The maximum absolute atomic E-state index is 12.2. The van der Waals surface area contributed by atoms with Gasteiger partial charge in [-0.15, -0.1) is 0 Å². The van der Waals surface area contributed by atoms with Crippen molar-refractivity contribution in [2.24, 2.45) is 0 Å². The Kier molecular flexibility index (Phi) is 4.59. The third-order valence-corrected chi connectivity index (χ3v) is 3.75. The molecule has 0 aliphatic heterocycles. The van der Waals surface area contributed by atoms with Crippen LogP contribution in [0.4, 0.5) is 11.4 Å². The number of hydrogen-bond donors (Lipinski definition) is 1. The van der Waals surface area contributed by atoms with Crippen LogP contribution >= 0.6 is 27.5 Å². The lowest BCUT2D eigenvalue weighted by Crippen LogP contribution is -2.13. The third-order valence-electron chi connectivity index (χ3n) is 2.78. The molecule has 0 saturated heterocycles. The lowest BCUT2D eigenvalue weighted by atomic mass is 10.1. The van der Waals surface area contributed by atoms with E-state index in [1.807, 2.05) is 19.1 Å². The predicted octanol–water partition coefficient (Wildman–Crippen LogP) is 4.57. The second kappa shape index (κ2) is 6.24. The monoisotopic (exact) mass is 368 g/mol. The second-order valence-corrected chi connectivity index (χ2v) is 5.62. The number of carbonyl (C=O) groups is 1. The number of anilines is 1. The molecule has 0 bridgehead atoms. The summed E-state index contributed by atoms with van der Waals surface area (Å²) in [5.74, 6) is -0.431. The number of aryl methyl sites for hydroxylation is 1. The summed E-state index contributed by atoms with van der Waals surface area (Å²) in [4.78, 5) is 22.2. The molecular weight excluding hydrogens is 360 g/mol. The van der Waals surface area contributed by atoms with Gasteiger partial charge in [0.15, 0.2) is 0 Å². The van der Waals surface area contributed by atoms with Gasteiger partial charge in [0.2, 0.25) is 0 Å². The van der Waals surface area contributed by atoms with Gasteiger partial charge in [-0.3, -0.25) is 14.9 Å². The van der Waals surface area contributed by atoms with E-state index in [0.29, 0.717) is 5.69 Å². The van der Waals surface area contributed by atoms with Crippen LogP contribution in [-0.2, 0) is 0 Å². The van der Waals surface area contributed by atoms with Crippen molar-refractivity contribution in [2.75, 3.05) is 5.32 Å². The van der Waals surface area contributed by atoms with Gasteiger partial charge >= 0.3 is 0 Å². The molecule has 0 aliphatic rings. The zero-order valence-electron chi connectivity index (χ0n) is 10.9. The van der Waals surface area contributed by atoms with Gasteiger partial charge in [0.05, 0.1) is 21.2 Å². The largest absolute Gasteiger partial charge is 0.321 e. The first-order chi connectivity index (χ1) is 9.88. The van der Waals surface area contributed by atoms with Crippen molar-refractivity contribution < 1.29 is 9.72 Å². The Hall–Kier alpha value is -1.92. The predicted molar refractivity (Wildman–Crippen MR) is 84.9 cm³/mol. The summed E-state index contributed by atoms with van der Waals surface area (Å²) in [5, 5.41) is 13.4. The van der Waals surface area contributed by atoms with Gasteiger partial charge in [-0.1, -0.05) is 17.7 Å². The Labute approximate surface area is 134 Å². The molecular formula is C14H10BrClN2O3. The Morgan fingerprint density at radius 2 is 2.00 bits per heavy atom. The minimum absolute atomic E-state index is 0.0323. The number of nitro groups is 1. The fraction of sp³-hybridized carbons (Fsp3) is 0.0714. The number of non-ortho nitro benzene ring substituents is 1. The number of nitrogens with zero attached hydrogens (tertiary/aromatic N) is 1. The molecule has 0 unspecified atom stereocenters. The lowest BCUT2D eigenvalue weighted by Gasteiger charge is -2.09. The Morgan fingerprint density at radius 3 is 2.57 bits per heavy atom. The first-order valence-corrected chi connectivity index (χ1v) is 7.07. The van der Waals surface area contributed by atoms with Gasteiger partial charge < -0.3 is 5.32 Å². The maximum Gasteiger partial charge on any atom is 0.270 e. The van der Waals surface area contributed by atoms with Crippen molar-refractivity contribution in [2.45, 2.75) is 6.92 Å². The first-order valence-electron chi connectivity index (χ1n) is 5.90. The highest BCUT2D eigenvalue weighted by Crippen LogP contribution is 2.26. The molecule has 0 heterocycles.